The zero-order valence-corrected chi connectivity index (χ0v) is 12.5. The highest BCUT2D eigenvalue weighted by atomic mass is 16.5. The van der Waals surface area contributed by atoms with Gasteiger partial charge in [-0.1, -0.05) is 26.0 Å². The summed E-state index contributed by atoms with van der Waals surface area (Å²) in [5.74, 6) is -0.250. The Labute approximate surface area is 119 Å². The van der Waals surface area contributed by atoms with Gasteiger partial charge in [-0.3, -0.25) is 4.79 Å². The Hall–Kier alpha value is -1.75. The Balaban J connectivity index is 3.24. The molecule has 0 saturated carbocycles. The number of hydrogen-bond acceptors (Lipinski definition) is 5. The van der Waals surface area contributed by atoms with Crippen molar-refractivity contribution in [2.45, 2.75) is 20.0 Å². The van der Waals surface area contributed by atoms with Gasteiger partial charge >= 0.3 is 5.97 Å². The van der Waals surface area contributed by atoms with Crippen LogP contribution in [0.4, 0.5) is 0 Å². The van der Waals surface area contributed by atoms with Crippen molar-refractivity contribution in [3.05, 3.63) is 23.8 Å². The first kappa shape index (κ1) is 16.3. The summed E-state index contributed by atoms with van der Waals surface area (Å²) in [4.78, 5) is 11.9. The highest BCUT2D eigenvalue weighted by Crippen LogP contribution is 2.39. The maximum Gasteiger partial charge on any atom is 0.311 e. The highest BCUT2D eigenvalue weighted by Gasteiger charge is 2.34. The van der Waals surface area contributed by atoms with E-state index in [2.05, 4.69) is 0 Å². The fraction of sp³-hybridized carbons (Fsp3) is 0.533. The van der Waals surface area contributed by atoms with E-state index < -0.39 is 18.0 Å². The van der Waals surface area contributed by atoms with E-state index in [1.54, 1.807) is 18.2 Å². The minimum Gasteiger partial charge on any atom is -0.493 e. The zero-order valence-electron chi connectivity index (χ0n) is 12.5. The Morgan fingerprint density at radius 3 is 2.25 bits per heavy atom. The summed E-state index contributed by atoms with van der Waals surface area (Å²) in [7, 11) is 4.33. The van der Waals surface area contributed by atoms with Crippen LogP contribution >= 0.6 is 0 Å². The smallest absolute Gasteiger partial charge is 0.311 e. The molecule has 0 aliphatic heterocycles. The van der Waals surface area contributed by atoms with Crippen LogP contribution in [0.5, 0.6) is 11.5 Å². The van der Waals surface area contributed by atoms with Gasteiger partial charge in [0.05, 0.1) is 33.4 Å². The van der Waals surface area contributed by atoms with E-state index in [1.165, 1.54) is 21.3 Å². The summed E-state index contributed by atoms with van der Waals surface area (Å²) in [6, 6.07) is 5.19. The van der Waals surface area contributed by atoms with Crippen molar-refractivity contribution < 1.29 is 24.1 Å². The highest BCUT2D eigenvalue weighted by molar-refractivity contribution is 5.74. The van der Waals surface area contributed by atoms with Crippen LogP contribution in [0, 0.1) is 11.8 Å². The molecule has 0 amide bonds. The number of aliphatic hydroxyl groups excluding tert-OH is 1. The molecule has 2 unspecified atom stereocenters. The number of carbonyl (C=O) groups is 1. The van der Waals surface area contributed by atoms with E-state index in [-0.39, 0.29) is 5.92 Å². The first-order chi connectivity index (χ1) is 9.47. The fourth-order valence-corrected chi connectivity index (χ4v) is 2.24. The number of methoxy groups -OCH3 is 3. The summed E-state index contributed by atoms with van der Waals surface area (Å²) in [5, 5.41) is 10.5. The Bertz CT molecular complexity index is 456. The summed E-state index contributed by atoms with van der Waals surface area (Å²) < 4.78 is 15.3. The lowest BCUT2D eigenvalue weighted by atomic mass is 9.86. The van der Waals surface area contributed by atoms with Gasteiger partial charge in [-0.05, 0) is 12.0 Å². The third kappa shape index (κ3) is 3.22. The van der Waals surface area contributed by atoms with Crippen LogP contribution in [0.25, 0.3) is 0 Å². The molecular formula is C15H22O5. The number of esters is 1. The van der Waals surface area contributed by atoms with Crippen molar-refractivity contribution in [3.8, 4) is 11.5 Å². The molecule has 2 atom stereocenters. The van der Waals surface area contributed by atoms with Crippen molar-refractivity contribution in [3.63, 3.8) is 0 Å². The molecule has 0 saturated heterocycles. The summed E-state index contributed by atoms with van der Waals surface area (Å²) in [6.45, 7) is 3.72. The molecule has 0 heterocycles. The van der Waals surface area contributed by atoms with Gasteiger partial charge in [-0.15, -0.1) is 0 Å². The van der Waals surface area contributed by atoms with Crippen LogP contribution in [0.2, 0.25) is 0 Å². The third-order valence-electron chi connectivity index (χ3n) is 3.28. The molecular weight excluding hydrogens is 260 g/mol. The van der Waals surface area contributed by atoms with Crippen LogP contribution in [0.1, 0.15) is 25.5 Å². The van der Waals surface area contributed by atoms with Crippen LogP contribution < -0.4 is 9.47 Å². The minimum atomic E-state index is -1.02. The predicted octanol–water partition coefficient (Wildman–Crippen LogP) is 2.18. The second kappa shape index (κ2) is 7.14. The third-order valence-corrected chi connectivity index (χ3v) is 3.28. The molecule has 1 aromatic rings. The molecule has 1 N–H and O–H groups in total. The second-order valence-corrected chi connectivity index (χ2v) is 4.82. The lowest BCUT2D eigenvalue weighted by Crippen LogP contribution is -2.28. The standard InChI is InChI=1S/C15H22O5/c1-9(2)12(15(17)20-5)13(16)10-7-6-8-11(18-3)14(10)19-4/h6-9,12-13,16H,1-5H3. The van der Waals surface area contributed by atoms with Crippen LogP contribution in [-0.4, -0.2) is 32.4 Å². The lowest BCUT2D eigenvalue weighted by molar-refractivity contribution is -0.152. The largest absolute Gasteiger partial charge is 0.493 e. The first-order valence-corrected chi connectivity index (χ1v) is 6.44. The first-order valence-electron chi connectivity index (χ1n) is 6.44. The summed E-state index contributed by atoms with van der Waals surface area (Å²) in [5.41, 5.74) is 0.510. The molecule has 5 heteroatoms. The molecule has 0 radical (unpaired) electrons. The summed E-state index contributed by atoms with van der Waals surface area (Å²) >= 11 is 0. The van der Waals surface area contributed by atoms with E-state index >= 15 is 0 Å². The molecule has 0 aliphatic rings. The molecule has 0 spiro atoms. The van der Waals surface area contributed by atoms with Crippen molar-refractivity contribution in [1.29, 1.82) is 0 Å². The van der Waals surface area contributed by atoms with Gasteiger partial charge in [0.15, 0.2) is 11.5 Å². The number of para-hydroxylation sites is 1. The Kier molecular flexibility index (Phi) is 5.82. The number of ether oxygens (including phenoxy) is 3. The molecule has 0 aromatic heterocycles. The van der Waals surface area contributed by atoms with Crippen molar-refractivity contribution >= 4 is 5.97 Å². The zero-order chi connectivity index (χ0) is 15.3. The molecule has 1 rings (SSSR count). The minimum absolute atomic E-state index is 0.0756. The van der Waals surface area contributed by atoms with E-state index in [0.29, 0.717) is 17.1 Å². The Morgan fingerprint density at radius 1 is 1.15 bits per heavy atom. The van der Waals surface area contributed by atoms with Gasteiger partial charge in [-0.2, -0.15) is 0 Å². The van der Waals surface area contributed by atoms with E-state index in [0.717, 1.165) is 0 Å². The molecule has 20 heavy (non-hydrogen) atoms. The maximum atomic E-state index is 11.9. The molecule has 1 aromatic carbocycles. The molecule has 0 fully saturated rings. The number of aliphatic hydroxyl groups is 1. The molecule has 112 valence electrons. The SMILES string of the molecule is COC(=O)C(C(C)C)C(O)c1cccc(OC)c1OC. The lowest BCUT2D eigenvalue weighted by Gasteiger charge is -2.26. The van der Waals surface area contributed by atoms with Gasteiger partial charge in [0.25, 0.3) is 0 Å². The van der Waals surface area contributed by atoms with Crippen molar-refractivity contribution in [2.75, 3.05) is 21.3 Å². The topological polar surface area (TPSA) is 65.0 Å². The average molecular weight is 282 g/mol. The number of hydrogen-bond donors (Lipinski definition) is 1. The fourth-order valence-electron chi connectivity index (χ4n) is 2.24. The number of benzene rings is 1. The van der Waals surface area contributed by atoms with Crippen LogP contribution in [0.3, 0.4) is 0 Å². The van der Waals surface area contributed by atoms with E-state index in [9.17, 15) is 9.90 Å². The van der Waals surface area contributed by atoms with Crippen LogP contribution in [-0.2, 0) is 9.53 Å². The summed E-state index contributed by atoms with van der Waals surface area (Å²) in [6.07, 6.45) is -1.02. The molecule has 0 bridgehead atoms. The second-order valence-electron chi connectivity index (χ2n) is 4.82. The van der Waals surface area contributed by atoms with Crippen LogP contribution in [0.15, 0.2) is 18.2 Å². The van der Waals surface area contributed by atoms with Crippen molar-refractivity contribution in [2.24, 2.45) is 11.8 Å². The number of rotatable bonds is 6. The van der Waals surface area contributed by atoms with Gasteiger partial charge in [-0.25, -0.2) is 0 Å². The van der Waals surface area contributed by atoms with Gasteiger partial charge in [0.1, 0.15) is 0 Å². The number of carbonyl (C=O) groups excluding carboxylic acids is 1. The molecule has 0 aliphatic carbocycles. The van der Waals surface area contributed by atoms with Gasteiger partial charge in [0, 0.05) is 5.56 Å². The van der Waals surface area contributed by atoms with Crippen molar-refractivity contribution in [1.82, 2.24) is 0 Å². The maximum absolute atomic E-state index is 11.9. The van der Waals surface area contributed by atoms with Gasteiger partial charge in [0.2, 0.25) is 0 Å². The van der Waals surface area contributed by atoms with E-state index in [4.69, 9.17) is 14.2 Å². The Morgan fingerprint density at radius 2 is 1.80 bits per heavy atom. The van der Waals surface area contributed by atoms with Gasteiger partial charge < -0.3 is 19.3 Å². The predicted molar refractivity (Wildman–Crippen MR) is 74.8 cm³/mol. The molecule has 5 nitrogen and oxygen atoms in total. The normalized spacial score (nSPS) is 13.8. The van der Waals surface area contributed by atoms with E-state index in [1.807, 2.05) is 13.8 Å². The average Bonchev–Trinajstić information content (AvgIpc) is 2.45. The quantitative estimate of drug-likeness (QED) is 0.810. The monoisotopic (exact) mass is 282 g/mol.